The molecule has 16 heavy (non-hydrogen) atoms. The van der Waals surface area contributed by atoms with Gasteiger partial charge in [0.15, 0.2) is 0 Å². The molecule has 0 aliphatic carbocycles. The van der Waals surface area contributed by atoms with E-state index in [0.29, 0.717) is 12.0 Å². The molecular formula is C14H14FN. The molecule has 1 unspecified atom stereocenters. The van der Waals surface area contributed by atoms with Crippen molar-refractivity contribution in [1.82, 2.24) is 0 Å². The van der Waals surface area contributed by atoms with Crippen molar-refractivity contribution in [2.75, 3.05) is 0 Å². The molecule has 0 heterocycles. The lowest BCUT2D eigenvalue weighted by molar-refractivity contribution is 0.580. The van der Waals surface area contributed by atoms with Gasteiger partial charge in [0.05, 0.1) is 0 Å². The summed E-state index contributed by atoms with van der Waals surface area (Å²) in [7, 11) is 0. The van der Waals surface area contributed by atoms with Gasteiger partial charge in [-0.1, -0.05) is 48.5 Å². The molecule has 0 aliphatic rings. The molecular weight excluding hydrogens is 201 g/mol. The molecule has 2 aromatic rings. The highest BCUT2D eigenvalue weighted by Gasteiger charge is 2.10. The van der Waals surface area contributed by atoms with E-state index in [9.17, 15) is 4.39 Å². The molecule has 0 bridgehead atoms. The van der Waals surface area contributed by atoms with Gasteiger partial charge < -0.3 is 5.73 Å². The first-order valence-corrected chi connectivity index (χ1v) is 5.31. The quantitative estimate of drug-likeness (QED) is 0.836. The Bertz CT molecular complexity index is 453. The fourth-order valence-corrected chi connectivity index (χ4v) is 1.75. The van der Waals surface area contributed by atoms with Gasteiger partial charge in [-0.05, 0) is 18.1 Å². The van der Waals surface area contributed by atoms with Gasteiger partial charge in [-0.2, -0.15) is 0 Å². The van der Waals surface area contributed by atoms with E-state index in [1.807, 2.05) is 36.4 Å². The molecule has 1 atom stereocenters. The average molecular weight is 215 g/mol. The largest absolute Gasteiger partial charge is 0.324 e. The van der Waals surface area contributed by atoms with Crippen molar-refractivity contribution in [3.63, 3.8) is 0 Å². The number of hydrogen-bond acceptors (Lipinski definition) is 1. The van der Waals surface area contributed by atoms with E-state index in [2.05, 4.69) is 0 Å². The summed E-state index contributed by atoms with van der Waals surface area (Å²) in [6.07, 6.45) is 0.655. The Morgan fingerprint density at radius 2 is 1.56 bits per heavy atom. The minimum Gasteiger partial charge on any atom is -0.324 e. The van der Waals surface area contributed by atoms with Crippen LogP contribution in [0.2, 0.25) is 0 Å². The Hall–Kier alpha value is -1.67. The molecule has 82 valence electrons. The van der Waals surface area contributed by atoms with Crippen LogP contribution in [-0.4, -0.2) is 0 Å². The maximum Gasteiger partial charge on any atom is 0.127 e. The van der Waals surface area contributed by atoms with E-state index in [0.717, 1.165) is 5.56 Å². The zero-order chi connectivity index (χ0) is 11.4. The zero-order valence-electron chi connectivity index (χ0n) is 8.94. The maximum absolute atomic E-state index is 13.5. The van der Waals surface area contributed by atoms with Crippen LogP contribution < -0.4 is 5.73 Å². The maximum atomic E-state index is 13.5. The molecule has 0 aliphatic heterocycles. The molecule has 2 N–H and O–H groups in total. The topological polar surface area (TPSA) is 26.0 Å². The predicted molar refractivity (Wildman–Crippen MR) is 63.5 cm³/mol. The van der Waals surface area contributed by atoms with Gasteiger partial charge in [-0.15, -0.1) is 0 Å². The van der Waals surface area contributed by atoms with Crippen LogP contribution in [0.15, 0.2) is 54.6 Å². The second-order valence-electron chi connectivity index (χ2n) is 3.82. The molecule has 2 aromatic carbocycles. The lowest BCUT2D eigenvalue weighted by atomic mass is 9.99. The molecule has 0 saturated carbocycles. The Balaban J connectivity index is 2.15. The van der Waals surface area contributed by atoms with Gasteiger partial charge in [-0.25, -0.2) is 4.39 Å². The number of halogens is 1. The molecule has 0 amide bonds. The lowest BCUT2D eigenvalue weighted by Gasteiger charge is -2.12. The Morgan fingerprint density at radius 3 is 2.25 bits per heavy atom. The number of nitrogens with two attached hydrogens (primary N) is 1. The SMILES string of the molecule is NC(Cc1ccccc1)c1ccccc1F. The highest BCUT2D eigenvalue weighted by atomic mass is 19.1. The standard InChI is InChI=1S/C14H14FN/c15-13-9-5-4-8-12(13)14(16)10-11-6-2-1-3-7-11/h1-9,14H,10,16H2. The summed E-state index contributed by atoms with van der Waals surface area (Å²) in [5.74, 6) is -0.231. The fourth-order valence-electron chi connectivity index (χ4n) is 1.75. The summed E-state index contributed by atoms with van der Waals surface area (Å²) in [4.78, 5) is 0. The second kappa shape index (κ2) is 4.90. The van der Waals surface area contributed by atoms with E-state index >= 15 is 0 Å². The molecule has 0 radical (unpaired) electrons. The van der Waals surface area contributed by atoms with Crippen molar-refractivity contribution in [3.8, 4) is 0 Å². The van der Waals surface area contributed by atoms with Crippen molar-refractivity contribution in [2.24, 2.45) is 5.73 Å². The molecule has 0 aromatic heterocycles. The highest BCUT2D eigenvalue weighted by molar-refractivity contribution is 5.24. The van der Waals surface area contributed by atoms with E-state index in [-0.39, 0.29) is 11.9 Å². The average Bonchev–Trinajstić information content (AvgIpc) is 2.31. The number of hydrogen-bond donors (Lipinski definition) is 1. The highest BCUT2D eigenvalue weighted by Crippen LogP contribution is 2.18. The first-order valence-electron chi connectivity index (χ1n) is 5.31. The molecule has 1 nitrogen and oxygen atoms in total. The molecule has 0 saturated heterocycles. The van der Waals surface area contributed by atoms with Crippen LogP contribution in [0.3, 0.4) is 0 Å². The molecule has 0 fully saturated rings. The summed E-state index contributed by atoms with van der Waals surface area (Å²) in [6.45, 7) is 0. The van der Waals surface area contributed by atoms with E-state index in [1.54, 1.807) is 12.1 Å². The lowest BCUT2D eigenvalue weighted by Crippen LogP contribution is -2.14. The van der Waals surface area contributed by atoms with Gasteiger partial charge in [0.2, 0.25) is 0 Å². The van der Waals surface area contributed by atoms with Crippen LogP contribution in [0.4, 0.5) is 4.39 Å². The Kier molecular flexibility index (Phi) is 3.32. The first kappa shape index (κ1) is 10.8. The molecule has 0 spiro atoms. The van der Waals surface area contributed by atoms with Crippen molar-refractivity contribution in [2.45, 2.75) is 12.5 Å². The fraction of sp³-hybridized carbons (Fsp3) is 0.143. The third-order valence-electron chi connectivity index (χ3n) is 2.60. The van der Waals surface area contributed by atoms with Gasteiger partial charge >= 0.3 is 0 Å². The van der Waals surface area contributed by atoms with Crippen molar-refractivity contribution in [3.05, 3.63) is 71.5 Å². The van der Waals surface area contributed by atoms with Crippen LogP contribution >= 0.6 is 0 Å². The summed E-state index contributed by atoms with van der Waals surface area (Å²) < 4.78 is 13.5. The van der Waals surface area contributed by atoms with Crippen molar-refractivity contribution in [1.29, 1.82) is 0 Å². The van der Waals surface area contributed by atoms with Crippen molar-refractivity contribution >= 4 is 0 Å². The smallest absolute Gasteiger partial charge is 0.127 e. The van der Waals surface area contributed by atoms with E-state index in [1.165, 1.54) is 6.07 Å². The number of rotatable bonds is 3. The minimum atomic E-state index is -0.288. The first-order chi connectivity index (χ1) is 7.77. The molecule has 2 heteroatoms. The van der Waals surface area contributed by atoms with Gasteiger partial charge in [0, 0.05) is 11.6 Å². The van der Waals surface area contributed by atoms with Crippen LogP contribution in [-0.2, 0) is 6.42 Å². The Morgan fingerprint density at radius 1 is 0.938 bits per heavy atom. The third kappa shape index (κ3) is 2.47. The third-order valence-corrected chi connectivity index (χ3v) is 2.60. The minimum absolute atomic E-state index is 0.231. The zero-order valence-corrected chi connectivity index (χ0v) is 8.94. The normalized spacial score (nSPS) is 12.4. The molecule has 2 rings (SSSR count). The Labute approximate surface area is 94.7 Å². The number of benzene rings is 2. The van der Waals surface area contributed by atoms with Crippen molar-refractivity contribution < 1.29 is 4.39 Å². The van der Waals surface area contributed by atoms with Crippen LogP contribution in [0, 0.1) is 5.82 Å². The summed E-state index contributed by atoms with van der Waals surface area (Å²) in [6, 6.07) is 16.3. The summed E-state index contributed by atoms with van der Waals surface area (Å²) in [5.41, 5.74) is 7.69. The summed E-state index contributed by atoms with van der Waals surface area (Å²) in [5, 5.41) is 0. The van der Waals surface area contributed by atoms with Gasteiger partial charge in [-0.3, -0.25) is 0 Å². The second-order valence-corrected chi connectivity index (χ2v) is 3.82. The van der Waals surface area contributed by atoms with E-state index < -0.39 is 0 Å². The van der Waals surface area contributed by atoms with Gasteiger partial charge in [0.25, 0.3) is 0 Å². The van der Waals surface area contributed by atoms with Crippen LogP contribution in [0.25, 0.3) is 0 Å². The van der Waals surface area contributed by atoms with Crippen LogP contribution in [0.1, 0.15) is 17.2 Å². The van der Waals surface area contributed by atoms with Gasteiger partial charge in [0.1, 0.15) is 5.82 Å². The van der Waals surface area contributed by atoms with Crippen LogP contribution in [0.5, 0.6) is 0 Å². The predicted octanol–water partition coefficient (Wildman–Crippen LogP) is 3.07. The monoisotopic (exact) mass is 215 g/mol. The summed E-state index contributed by atoms with van der Waals surface area (Å²) >= 11 is 0. The van der Waals surface area contributed by atoms with E-state index in [4.69, 9.17) is 5.73 Å².